The summed E-state index contributed by atoms with van der Waals surface area (Å²) in [4.78, 5) is 12.2. The fraction of sp³-hybridized carbons (Fsp3) is 0.0952. The van der Waals surface area contributed by atoms with Crippen LogP contribution >= 0.6 is 11.8 Å². The van der Waals surface area contributed by atoms with Crippen molar-refractivity contribution in [1.82, 2.24) is 0 Å². The highest BCUT2D eigenvalue weighted by molar-refractivity contribution is 8.00. The Balaban J connectivity index is 1.71. The van der Waals surface area contributed by atoms with Crippen molar-refractivity contribution in [3.8, 4) is 0 Å². The quantitative estimate of drug-likeness (QED) is 0.628. The molecule has 1 N–H and O–H groups in total. The molecule has 0 radical (unpaired) electrons. The van der Waals surface area contributed by atoms with Crippen molar-refractivity contribution in [2.75, 3.05) is 11.1 Å². The summed E-state index contributed by atoms with van der Waals surface area (Å²) in [5, 5.41) is 2.48. The molecule has 5 heteroatoms. The van der Waals surface area contributed by atoms with Gasteiger partial charge in [0.15, 0.2) is 0 Å². The molecular weight excluding hydrogens is 352 g/mol. The number of benzene rings is 3. The average molecular weight is 369 g/mol. The van der Waals surface area contributed by atoms with Crippen molar-refractivity contribution in [3.05, 3.63) is 102 Å². The third-order valence-electron chi connectivity index (χ3n) is 3.79. The number of hydrogen-bond acceptors (Lipinski definition) is 2. The number of amides is 1. The smallest absolute Gasteiger partial charge is 0.234 e. The zero-order chi connectivity index (χ0) is 18.4. The molecule has 0 saturated heterocycles. The van der Waals surface area contributed by atoms with Crippen LogP contribution in [0.1, 0.15) is 16.4 Å². The number of hydrogen-bond donors (Lipinski definition) is 1. The molecule has 132 valence electrons. The number of anilines is 1. The lowest BCUT2D eigenvalue weighted by Gasteiger charge is -2.17. The van der Waals surface area contributed by atoms with E-state index in [1.807, 2.05) is 60.7 Å². The van der Waals surface area contributed by atoms with E-state index in [1.54, 1.807) is 0 Å². The van der Waals surface area contributed by atoms with Gasteiger partial charge in [-0.15, -0.1) is 11.8 Å². The molecule has 0 aliphatic rings. The van der Waals surface area contributed by atoms with Crippen LogP contribution in [0.25, 0.3) is 0 Å². The van der Waals surface area contributed by atoms with E-state index in [1.165, 1.54) is 17.8 Å². The van der Waals surface area contributed by atoms with Crippen LogP contribution in [0.5, 0.6) is 0 Å². The summed E-state index contributed by atoms with van der Waals surface area (Å²) >= 11 is 1.46. The molecule has 0 fully saturated rings. The summed E-state index contributed by atoms with van der Waals surface area (Å²) in [5.74, 6) is -1.66. The minimum Gasteiger partial charge on any atom is -0.323 e. The Labute approximate surface area is 155 Å². The molecule has 2 nitrogen and oxygen atoms in total. The van der Waals surface area contributed by atoms with Gasteiger partial charge in [-0.1, -0.05) is 60.7 Å². The zero-order valence-corrected chi connectivity index (χ0v) is 14.7. The highest BCUT2D eigenvalue weighted by Gasteiger charge is 2.17. The van der Waals surface area contributed by atoms with E-state index in [0.717, 1.165) is 23.3 Å². The van der Waals surface area contributed by atoms with Gasteiger partial charge < -0.3 is 5.32 Å². The van der Waals surface area contributed by atoms with Crippen LogP contribution in [0.4, 0.5) is 14.5 Å². The van der Waals surface area contributed by atoms with E-state index < -0.39 is 11.6 Å². The SMILES string of the molecule is O=C(CSC(c1ccccc1)c1ccccc1)Nc1ccc(F)cc1F. The third kappa shape index (κ3) is 4.70. The topological polar surface area (TPSA) is 29.1 Å². The number of carbonyl (C=O) groups excluding carboxylic acids is 1. The van der Waals surface area contributed by atoms with E-state index in [9.17, 15) is 13.6 Å². The second-order valence-electron chi connectivity index (χ2n) is 5.68. The molecule has 3 rings (SSSR count). The van der Waals surface area contributed by atoms with E-state index in [2.05, 4.69) is 5.32 Å². The first-order chi connectivity index (χ1) is 12.6. The Hall–Kier alpha value is -2.66. The number of thioether (sulfide) groups is 1. The maximum atomic E-state index is 13.7. The first-order valence-electron chi connectivity index (χ1n) is 8.10. The van der Waals surface area contributed by atoms with Crippen molar-refractivity contribution >= 4 is 23.4 Å². The summed E-state index contributed by atoms with van der Waals surface area (Å²) in [7, 11) is 0. The fourth-order valence-electron chi connectivity index (χ4n) is 2.58. The van der Waals surface area contributed by atoms with Gasteiger partial charge in [-0.05, 0) is 23.3 Å². The van der Waals surface area contributed by atoms with Crippen LogP contribution in [0.15, 0.2) is 78.9 Å². The molecule has 26 heavy (non-hydrogen) atoms. The molecule has 0 saturated carbocycles. The molecule has 3 aromatic rings. The number of halogens is 2. The molecule has 0 atom stereocenters. The van der Waals surface area contributed by atoms with Crippen molar-refractivity contribution in [2.45, 2.75) is 5.25 Å². The largest absolute Gasteiger partial charge is 0.323 e. The Kier molecular flexibility index (Phi) is 6.02. The van der Waals surface area contributed by atoms with E-state index in [4.69, 9.17) is 0 Å². The van der Waals surface area contributed by atoms with Crippen LogP contribution in [-0.2, 0) is 4.79 Å². The minimum atomic E-state index is -0.786. The van der Waals surface area contributed by atoms with Crippen molar-refractivity contribution in [2.24, 2.45) is 0 Å². The van der Waals surface area contributed by atoms with E-state index in [-0.39, 0.29) is 22.6 Å². The van der Waals surface area contributed by atoms with Crippen LogP contribution in [0.2, 0.25) is 0 Å². The number of rotatable bonds is 6. The average Bonchev–Trinajstić information content (AvgIpc) is 2.66. The molecule has 1 amide bonds. The van der Waals surface area contributed by atoms with Gasteiger partial charge in [0.2, 0.25) is 5.91 Å². The Morgan fingerprint density at radius 1 is 0.885 bits per heavy atom. The van der Waals surface area contributed by atoms with Gasteiger partial charge in [-0.2, -0.15) is 0 Å². The first-order valence-corrected chi connectivity index (χ1v) is 9.15. The molecule has 0 bridgehead atoms. The van der Waals surface area contributed by atoms with Crippen LogP contribution in [0, 0.1) is 11.6 Å². The maximum absolute atomic E-state index is 13.7. The highest BCUT2D eigenvalue weighted by atomic mass is 32.2. The molecule has 0 aliphatic heterocycles. The molecule has 0 aliphatic carbocycles. The minimum absolute atomic E-state index is 0.0128. The van der Waals surface area contributed by atoms with Crippen LogP contribution in [-0.4, -0.2) is 11.7 Å². The summed E-state index contributed by atoms with van der Waals surface area (Å²) in [6.07, 6.45) is 0. The standard InChI is InChI=1S/C21H17F2NOS/c22-17-11-12-19(18(23)13-17)24-20(25)14-26-21(15-7-3-1-4-8-15)16-9-5-2-6-10-16/h1-13,21H,14H2,(H,24,25). The van der Waals surface area contributed by atoms with Gasteiger partial charge in [-0.3, -0.25) is 4.79 Å². The third-order valence-corrected chi connectivity index (χ3v) is 5.10. The lowest BCUT2D eigenvalue weighted by molar-refractivity contribution is -0.113. The van der Waals surface area contributed by atoms with Crippen molar-refractivity contribution < 1.29 is 13.6 Å². The first kappa shape index (κ1) is 18.1. The normalized spacial score (nSPS) is 10.7. The summed E-state index contributed by atoms with van der Waals surface area (Å²) in [6.45, 7) is 0. The predicted molar refractivity (Wildman–Crippen MR) is 102 cm³/mol. The van der Waals surface area contributed by atoms with Gasteiger partial charge in [0.1, 0.15) is 11.6 Å². The van der Waals surface area contributed by atoms with Gasteiger partial charge in [0.25, 0.3) is 0 Å². The number of carbonyl (C=O) groups is 1. The zero-order valence-electron chi connectivity index (χ0n) is 13.9. The summed E-state index contributed by atoms with van der Waals surface area (Å²) < 4.78 is 26.6. The lowest BCUT2D eigenvalue weighted by atomic mass is 10.0. The molecular formula is C21H17F2NOS. The van der Waals surface area contributed by atoms with Crippen LogP contribution in [0.3, 0.4) is 0 Å². The second-order valence-corrected chi connectivity index (χ2v) is 6.78. The van der Waals surface area contributed by atoms with Gasteiger partial charge in [0, 0.05) is 6.07 Å². The highest BCUT2D eigenvalue weighted by Crippen LogP contribution is 2.35. The Bertz CT molecular complexity index is 832. The van der Waals surface area contributed by atoms with Crippen molar-refractivity contribution in [3.63, 3.8) is 0 Å². The Morgan fingerprint density at radius 2 is 1.46 bits per heavy atom. The van der Waals surface area contributed by atoms with Gasteiger partial charge in [-0.25, -0.2) is 8.78 Å². The molecule has 0 heterocycles. The summed E-state index contributed by atoms with van der Waals surface area (Å²) in [6, 6.07) is 22.9. The van der Waals surface area contributed by atoms with E-state index >= 15 is 0 Å². The molecule has 0 unspecified atom stereocenters. The fourth-order valence-corrected chi connectivity index (χ4v) is 3.67. The predicted octanol–water partition coefficient (Wildman–Crippen LogP) is 5.43. The Morgan fingerprint density at radius 3 is 2.00 bits per heavy atom. The van der Waals surface area contributed by atoms with Crippen LogP contribution < -0.4 is 5.32 Å². The van der Waals surface area contributed by atoms with Gasteiger partial charge in [0.05, 0.1) is 16.7 Å². The summed E-state index contributed by atoms with van der Waals surface area (Å²) in [5.41, 5.74) is 2.15. The lowest BCUT2D eigenvalue weighted by Crippen LogP contribution is -2.16. The second kappa shape index (κ2) is 8.63. The monoisotopic (exact) mass is 369 g/mol. The van der Waals surface area contributed by atoms with Crippen molar-refractivity contribution in [1.29, 1.82) is 0 Å². The molecule has 3 aromatic carbocycles. The molecule has 0 aromatic heterocycles. The molecule has 0 spiro atoms. The maximum Gasteiger partial charge on any atom is 0.234 e. The van der Waals surface area contributed by atoms with Gasteiger partial charge >= 0.3 is 0 Å². The number of nitrogens with one attached hydrogen (secondary N) is 1. The van der Waals surface area contributed by atoms with E-state index in [0.29, 0.717) is 0 Å².